The summed E-state index contributed by atoms with van der Waals surface area (Å²) in [4.78, 5) is 4.76. The third-order valence-electron chi connectivity index (χ3n) is 5.37. The molecule has 0 aliphatic carbocycles. The molecule has 0 fully saturated rings. The van der Waals surface area contributed by atoms with E-state index in [4.69, 9.17) is 9.72 Å². The first-order chi connectivity index (χ1) is 15.0. The lowest BCUT2D eigenvalue weighted by Crippen LogP contribution is -2.25. The number of aromatic nitrogens is 2. The molecular weight excluding hydrogens is 391 g/mol. The van der Waals surface area contributed by atoms with E-state index in [1.807, 2.05) is 47.0 Å². The molecular formula is C26H27FN2O2. The van der Waals surface area contributed by atoms with Crippen molar-refractivity contribution in [1.82, 2.24) is 9.55 Å². The van der Waals surface area contributed by atoms with E-state index in [1.54, 1.807) is 12.1 Å². The summed E-state index contributed by atoms with van der Waals surface area (Å²) in [7, 11) is 0. The Bertz CT molecular complexity index is 1150. The van der Waals surface area contributed by atoms with Crippen LogP contribution in [-0.2, 0) is 13.0 Å². The normalized spacial score (nSPS) is 12.4. The van der Waals surface area contributed by atoms with Gasteiger partial charge in [-0.05, 0) is 47.4 Å². The number of rotatable bonds is 8. The first-order valence-electron chi connectivity index (χ1n) is 10.6. The van der Waals surface area contributed by atoms with Crippen LogP contribution in [0.5, 0.6) is 5.75 Å². The Labute approximate surface area is 181 Å². The van der Waals surface area contributed by atoms with E-state index in [0.29, 0.717) is 18.9 Å². The van der Waals surface area contributed by atoms with Crippen molar-refractivity contribution in [3.8, 4) is 5.75 Å². The minimum absolute atomic E-state index is 0.187. The Kier molecular flexibility index (Phi) is 6.33. The summed E-state index contributed by atoms with van der Waals surface area (Å²) >= 11 is 0. The van der Waals surface area contributed by atoms with Crippen LogP contribution in [-0.4, -0.2) is 27.4 Å². The van der Waals surface area contributed by atoms with E-state index in [2.05, 4.69) is 19.9 Å². The highest BCUT2D eigenvalue weighted by atomic mass is 19.1. The maximum absolute atomic E-state index is 13.3. The maximum atomic E-state index is 13.3. The Morgan fingerprint density at radius 3 is 2.45 bits per heavy atom. The van der Waals surface area contributed by atoms with E-state index < -0.39 is 6.10 Å². The summed E-state index contributed by atoms with van der Waals surface area (Å²) in [5, 5.41) is 10.8. The molecule has 0 amide bonds. The number of imidazole rings is 1. The van der Waals surface area contributed by atoms with Gasteiger partial charge in [0, 0.05) is 6.42 Å². The summed E-state index contributed by atoms with van der Waals surface area (Å²) < 4.78 is 21.3. The lowest BCUT2D eigenvalue weighted by molar-refractivity contribution is 0.0922. The number of nitrogens with zero attached hydrogens (tertiary/aromatic N) is 2. The van der Waals surface area contributed by atoms with Gasteiger partial charge in [-0.1, -0.05) is 56.3 Å². The van der Waals surface area contributed by atoms with E-state index in [1.165, 1.54) is 12.1 Å². The fourth-order valence-electron chi connectivity index (χ4n) is 3.79. The number of aliphatic hydroxyl groups is 1. The second-order valence-corrected chi connectivity index (χ2v) is 8.09. The molecule has 0 saturated heterocycles. The molecule has 1 unspecified atom stereocenters. The largest absolute Gasteiger partial charge is 0.491 e. The number of aliphatic hydroxyl groups excluding tert-OH is 1. The second-order valence-electron chi connectivity index (χ2n) is 8.09. The van der Waals surface area contributed by atoms with Crippen molar-refractivity contribution in [2.75, 3.05) is 6.61 Å². The molecule has 4 rings (SSSR count). The van der Waals surface area contributed by atoms with Gasteiger partial charge < -0.3 is 14.4 Å². The molecule has 1 atom stereocenters. The molecule has 3 aromatic carbocycles. The van der Waals surface area contributed by atoms with Gasteiger partial charge in [0.15, 0.2) is 0 Å². The topological polar surface area (TPSA) is 47.3 Å². The van der Waals surface area contributed by atoms with Gasteiger partial charge in [-0.3, -0.25) is 0 Å². The molecule has 0 bridgehead atoms. The molecule has 4 aromatic rings. The number of ether oxygens (including phenoxy) is 1. The Balaban J connectivity index is 1.54. The van der Waals surface area contributed by atoms with Gasteiger partial charge in [-0.2, -0.15) is 0 Å². The monoisotopic (exact) mass is 418 g/mol. The quantitative estimate of drug-likeness (QED) is 0.421. The van der Waals surface area contributed by atoms with Crippen molar-refractivity contribution < 1.29 is 14.2 Å². The standard InChI is InChI=1S/C26H27FN2O2/c1-18(2)22-7-3-6-10-25(22)31-17-21(30)16-29-24-9-5-4-8-23(24)28-26(29)15-19-11-13-20(27)14-12-19/h3-14,18,21,30H,15-17H2,1-2H3. The number of para-hydroxylation sites is 3. The second kappa shape index (κ2) is 9.31. The van der Waals surface area contributed by atoms with Crippen LogP contribution in [0, 0.1) is 5.82 Å². The van der Waals surface area contributed by atoms with Gasteiger partial charge in [-0.25, -0.2) is 9.37 Å². The van der Waals surface area contributed by atoms with E-state index >= 15 is 0 Å². The molecule has 4 nitrogen and oxygen atoms in total. The number of halogens is 1. The Morgan fingerprint density at radius 1 is 0.968 bits per heavy atom. The predicted molar refractivity (Wildman–Crippen MR) is 121 cm³/mol. The van der Waals surface area contributed by atoms with Crippen molar-refractivity contribution in [1.29, 1.82) is 0 Å². The minimum Gasteiger partial charge on any atom is -0.491 e. The number of hydrogen-bond donors (Lipinski definition) is 1. The third kappa shape index (κ3) is 4.94. The molecule has 5 heteroatoms. The zero-order valence-corrected chi connectivity index (χ0v) is 17.8. The number of benzene rings is 3. The molecule has 1 N–H and O–H groups in total. The fourth-order valence-corrected chi connectivity index (χ4v) is 3.79. The summed E-state index contributed by atoms with van der Waals surface area (Å²) in [5.74, 6) is 1.72. The van der Waals surface area contributed by atoms with Crippen molar-refractivity contribution in [3.63, 3.8) is 0 Å². The van der Waals surface area contributed by atoms with Gasteiger partial charge in [0.25, 0.3) is 0 Å². The van der Waals surface area contributed by atoms with Crippen LogP contribution < -0.4 is 4.74 Å². The van der Waals surface area contributed by atoms with Crippen molar-refractivity contribution in [3.05, 3.63) is 95.6 Å². The lowest BCUT2D eigenvalue weighted by Gasteiger charge is -2.18. The van der Waals surface area contributed by atoms with Crippen molar-refractivity contribution in [2.45, 2.75) is 38.8 Å². The Morgan fingerprint density at radius 2 is 1.68 bits per heavy atom. The molecule has 160 valence electrons. The van der Waals surface area contributed by atoms with Crippen LogP contribution in [0.4, 0.5) is 4.39 Å². The third-order valence-corrected chi connectivity index (χ3v) is 5.37. The van der Waals surface area contributed by atoms with Crippen LogP contribution in [0.2, 0.25) is 0 Å². The molecule has 0 radical (unpaired) electrons. The van der Waals surface area contributed by atoms with E-state index in [-0.39, 0.29) is 12.4 Å². The molecule has 0 aliphatic rings. The van der Waals surface area contributed by atoms with Gasteiger partial charge in [0.05, 0.1) is 17.6 Å². The van der Waals surface area contributed by atoms with E-state index in [9.17, 15) is 9.50 Å². The zero-order chi connectivity index (χ0) is 21.8. The average molecular weight is 419 g/mol. The minimum atomic E-state index is -0.704. The molecule has 0 aliphatic heterocycles. The maximum Gasteiger partial charge on any atom is 0.123 e. The van der Waals surface area contributed by atoms with Crippen molar-refractivity contribution in [2.24, 2.45) is 0 Å². The van der Waals surface area contributed by atoms with Gasteiger partial charge in [0.2, 0.25) is 0 Å². The van der Waals surface area contributed by atoms with Crippen LogP contribution in [0.3, 0.4) is 0 Å². The van der Waals surface area contributed by atoms with Gasteiger partial charge in [0.1, 0.15) is 30.1 Å². The highest BCUT2D eigenvalue weighted by Gasteiger charge is 2.16. The average Bonchev–Trinajstić information content (AvgIpc) is 3.11. The SMILES string of the molecule is CC(C)c1ccccc1OCC(O)Cn1c(Cc2ccc(F)cc2)nc2ccccc21. The van der Waals surface area contributed by atoms with Crippen LogP contribution in [0.25, 0.3) is 11.0 Å². The zero-order valence-electron chi connectivity index (χ0n) is 17.8. The Hall–Kier alpha value is -3.18. The fraction of sp³-hybridized carbons (Fsp3) is 0.269. The smallest absolute Gasteiger partial charge is 0.123 e. The summed E-state index contributed by atoms with van der Waals surface area (Å²) in [6, 6.07) is 22.2. The first-order valence-corrected chi connectivity index (χ1v) is 10.6. The number of fused-ring (bicyclic) bond motifs is 1. The summed E-state index contributed by atoms with van der Waals surface area (Å²) in [6.45, 7) is 4.79. The van der Waals surface area contributed by atoms with Crippen LogP contribution in [0.1, 0.15) is 36.7 Å². The molecule has 31 heavy (non-hydrogen) atoms. The summed E-state index contributed by atoms with van der Waals surface area (Å²) in [5.41, 5.74) is 3.92. The molecule has 0 spiro atoms. The van der Waals surface area contributed by atoms with Gasteiger partial charge in [-0.15, -0.1) is 0 Å². The molecule has 0 saturated carbocycles. The first kappa shape index (κ1) is 21.1. The molecule has 1 aromatic heterocycles. The van der Waals surface area contributed by atoms with Crippen LogP contribution >= 0.6 is 0 Å². The van der Waals surface area contributed by atoms with E-state index in [0.717, 1.165) is 33.7 Å². The summed E-state index contributed by atoms with van der Waals surface area (Å²) in [6.07, 6.45) is -0.150. The van der Waals surface area contributed by atoms with Gasteiger partial charge >= 0.3 is 0 Å². The highest BCUT2D eigenvalue weighted by Crippen LogP contribution is 2.26. The highest BCUT2D eigenvalue weighted by molar-refractivity contribution is 5.76. The van der Waals surface area contributed by atoms with Crippen molar-refractivity contribution >= 4 is 11.0 Å². The lowest BCUT2D eigenvalue weighted by atomic mass is 10.0. The predicted octanol–water partition coefficient (Wildman–Crippen LogP) is 5.33. The number of hydrogen-bond acceptors (Lipinski definition) is 3. The molecule has 1 heterocycles. The van der Waals surface area contributed by atoms with Crippen LogP contribution in [0.15, 0.2) is 72.8 Å².